The summed E-state index contributed by atoms with van der Waals surface area (Å²) in [6.07, 6.45) is 11.0. The van der Waals surface area contributed by atoms with Crippen LogP contribution in [0.3, 0.4) is 0 Å². The van der Waals surface area contributed by atoms with Crippen molar-refractivity contribution in [3.8, 4) is 0 Å². The van der Waals surface area contributed by atoms with Crippen molar-refractivity contribution < 1.29 is 49.2 Å². The minimum atomic E-state index is -1.12. The normalized spacial score (nSPS) is 17.2. The smallest absolute Gasteiger partial charge is 0.320 e. The summed E-state index contributed by atoms with van der Waals surface area (Å²) >= 11 is 0. The Morgan fingerprint density at radius 1 is 0.580 bits per heavy atom. The van der Waals surface area contributed by atoms with Crippen LogP contribution < -0.4 is 5.32 Å². The number of carboxylic acid groups (broad SMARTS) is 4. The summed E-state index contributed by atoms with van der Waals surface area (Å²) in [7, 11) is 0. The van der Waals surface area contributed by atoms with E-state index in [1.165, 1.54) is 0 Å². The average molecular weight is 714 g/mol. The van der Waals surface area contributed by atoms with Crippen LogP contribution in [-0.4, -0.2) is 160 Å². The first-order valence-electron chi connectivity index (χ1n) is 18.4. The third kappa shape index (κ3) is 21.8. The van der Waals surface area contributed by atoms with Gasteiger partial charge in [-0.15, -0.1) is 0 Å². The molecule has 0 aromatic heterocycles. The highest BCUT2D eigenvalue weighted by Gasteiger charge is 2.28. The Kier molecular flexibility index (Phi) is 23.9. The van der Waals surface area contributed by atoms with Crippen LogP contribution in [0.25, 0.3) is 0 Å². The lowest BCUT2D eigenvalue weighted by molar-refractivity contribution is -0.145. The molecular weight excluding hydrogens is 650 g/mol. The Morgan fingerprint density at radius 3 is 1.42 bits per heavy atom. The van der Waals surface area contributed by atoms with Gasteiger partial charge in [0.05, 0.1) is 19.6 Å². The number of carbonyl (C=O) groups is 6. The van der Waals surface area contributed by atoms with E-state index in [2.05, 4.69) is 12.2 Å². The lowest BCUT2D eigenvalue weighted by Gasteiger charge is -2.35. The van der Waals surface area contributed by atoms with Crippen LogP contribution in [0.15, 0.2) is 0 Å². The quantitative estimate of drug-likeness (QED) is 0.0861. The van der Waals surface area contributed by atoms with Gasteiger partial charge in [0.15, 0.2) is 0 Å². The number of carbonyl (C=O) groups excluding carboxylic acids is 2. The minimum absolute atomic E-state index is 0.00494. The molecule has 0 bridgehead atoms. The van der Waals surface area contributed by atoms with Crippen LogP contribution in [0.2, 0.25) is 0 Å². The van der Waals surface area contributed by atoms with Gasteiger partial charge in [-0.25, -0.2) is 0 Å². The first-order chi connectivity index (χ1) is 23.8. The molecule has 0 aliphatic carbocycles. The van der Waals surface area contributed by atoms with Crippen LogP contribution in [-0.2, 0) is 28.8 Å². The molecule has 50 heavy (non-hydrogen) atoms. The molecule has 0 spiro atoms. The van der Waals surface area contributed by atoms with Crippen LogP contribution >= 0.6 is 0 Å². The van der Waals surface area contributed by atoms with E-state index in [1.54, 1.807) is 19.6 Å². The van der Waals surface area contributed by atoms with Crippen molar-refractivity contribution >= 4 is 35.6 Å². The van der Waals surface area contributed by atoms with Crippen molar-refractivity contribution in [3.05, 3.63) is 0 Å². The molecule has 2 unspecified atom stereocenters. The maximum Gasteiger partial charge on any atom is 0.320 e. The second-order valence-electron chi connectivity index (χ2n) is 13.5. The van der Waals surface area contributed by atoms with E-state index in [-0.39, 0.29) is 96.7 Å². The van der Waals surface area contributed by atoms with Gasteiger partial charge in [0, 0.05) is 77.7 Å². The molecule has 1 fully saturated rings. The second kappa shape index (κ2) is 26.6. The van der Waals surface area contributed by atoms with Gasteiger partial charge in [-0.2, -0.15) is 0 Å². The maximum absolute atomic E-state index is 12.6. The number of ketones is 1. The summed E-state index contributed by atoms with van der Waals surface area (Å²) in [6, 6.07) is -1.04. The zero-order valence-electron chi connectivity index (χ0n) is 30.4. The van der Waals surface area contributed by atoms with E-state index < -0.39 is 29.9 Å². The molecule has 1 aliphatic heterocycles. The number of aliphatic carboxylic acids is 4. The van der Waals surface area contributed by atoms with Gasteiger partial charge >= 0.3 is 23.9 Å². The Labute approximate surface area is 297 Å². The number of unbranched alkanes of at least 4 members (excludes halogenated alkanes) is 7. The molecule has 1 aliphatic rings. The molecule has 288 valence electrons. The van der Waals surface area contributed by atoms with Gasteiger partial charge in [-0.3, -0.25) is 48.4 Å². The fraction of sp³-hybridized carbons (Fsp3) is 0.829. The van der Waals surface area contributed by atoms with Crippen molar-refractivity contribution in [2.75, 3.05) is 78.5 Å². The number of hydrogen-bond acceptors (Lipinski definition) is 10. The first-order valence-corrected chi connectivity index (χ1v) is 18.4. The molecular formula is C35H63N5O10. The predicted octanol–water partition coefficient (Wildman–Crippen LogP) is 2.33. The SMILES string of the molecule is CCCC(C)C(=O)CCCCCCCCCCNC(=O)CCC(C(=O)O)N1CCN(CC(=O)O)CCN(CC(=O)O)CCN(CC(=O)O)CC1. The highest BCUT2D eigenvalue weighted by molar-refractivity contribution is 5.80. The molecule has 0 radical (unpaired) electrons. The van der Waals surface area contributed by atoms with Crippen LogP contribution in [0, 0.1) is 5.92 Å². The molecule has 1 amide bonds. The van der Waals surface area contributed by atoms with Gasteiger partial charge < -0.3 is 25.7 Å². The number of hydrogen-bond donors (Lipinski definition) is 5. The molecule has 1 heterocycles. The average Bonchev–Trinajstić information content (AvgIpc) is 3.03. The second-order valence-corrected chi connectivity index (χ2v) is 13.5. The molecule has 5 N–H and O–H groups in total. The predicted molar refractivity (Wildman–Crippen MR) is 188 cm³/mol. The fourth-order valence-corrected chi connectivity index (χ4v) is 6.28. The minimum Gasteiger partial charge on any atom is -0.480 e. The first kappa shape index (κ1) is 44.9. The van der Waals surface area contributed by atoms with E-state index >= 15 is 0 Å². The van der Waals surface area contributed by atoms with E-state index in [4.69, 9.17) is 0 Å². The van der Waals surface area contributed by atoms with Gasteiger partial charge in [0.2, 0.25) is 5.91 Å². The lowest BCUT2D eigenvalue weighted by atomic mass is 9.96. The number of carboxylic acids is 4. The van der Waals surface area contributed by atoms with Crippen molar-refractivity contribution in [3.63, 3.8) is 0 Å². The van der Waals surface area contributed by atoms with Gasteiger partial charge in [-0.05, 0) is 25.7 Å². The Bertz CT molecular complexity index is 1010. The van der Waals surface area contributed by atoms with Crippen LogP contribution in [0.4, 0.5) is 0 Å². The summed E-state index contributed by atoms with van der Waals surface area (Å²) in [5, 5.41) is 41.2. The van der Waals surface area contributed by atoms with Gasteiger partial charge in [0.1, 0.15) is 11.8 Å². The lowest BCUT2D eigenvalue weighted by Crippen LogP contribution is -2.52. The third-order valence-electron chi connectivity index (χ3n) is 9.26. The van der Waals surface area contributed by atoms with E-state index in [0.29, 0.717) is 18.7 Å². The maximum atomic E-state index is 12.6. The Balaban J connectivity index is 2.59. The Morgan fingerprint density at radius 2 is 1.00 bits per heavy atom. The van der Waals surface area contributed by atoms with Gasteiger partial charge in [0.25, 0.3) is 0 Å². The molecule has 1 saturated heterocycles. The number of Topliss-reactive ketones (excluding diaryl/α,β-unsaturated/α-hetero) is 1. The Hall–Kier alpha value is -3.14. The summed E-state index contributed by atoms with van der Waals surface area (Å²) in [5.41, 5.74) is 0. The molecule has 15 nitrogen and oxygen atoms in total. The number of rotatable bonds is 25. The summed E-state index contributed by atoms with van der Waals surface area (Å²) < 4.78 is 0. The molecule has 0 aromatic carbocycles. The number of nitrogens with one attached hydrogen (secondary N) is 1. The molecule has 0 saturated carbocycles. The summed E-state index contributed by atoms with van der Waals surface area (Å²) in [4.78, 5) is 78.1. The van der Waals surface area contributed by atoms with Crippen LogP contribution in [0.1, 0.15) is 97.3 Å². The standard InChI is InChI=1S/C35H63N5O10/c1-3-12-28(2)30(41)13-10-8-6-4-5-7-9-11-16-36-31(42)15-14-29(35(49)50)40-23-21-38(26-33(45)46)19-17-37(25-32(43)44)18-20-39(22-24-40)27-34(47)48/h28-29H,3-27H2,1-2H3,(H,36,42)(H,43,44)(H,45,46)(H,47,48)(H,49,50). The molecule has 0 aromatic rings. The van der Waals surface area contributed by atoms with Crippen LogP contribution in [0.5, 0.6) is 0 Å². The van der Waals surface area contributed by atoms with E-state index in [1.807, 2.05) is 6.92 Å². The summed E-state index contributed by atoms with van der Waals surface area (Å²) in [5.74, 6) is -3.99. The van der Waals surface area contributed by atoms with E-state index in [0.717, 1.165) is 64.2 Å². The zero-order valence-corrected chi connectivity index (χ0v) is 30.4. The van der Waals surface area contributed by atoms with Gasteiger partial charge in [-0.1, -0.05) is 58.8 Å². The summed E-state index contributed by atoms with van der Waals surface area (Å²) in [6.45, 7) is 5.41. The monoisotopic (exact) mass is 713 g/mol. The van der Waals surface area contributed by atoms with E-state index in [9.17, 15) is 49.2 Å². The highest BCUT2D eigenvalue weighted by atomic mass is 16.4. The highest BCUT2D eigenvalue weighted by Crippen LogP contribution is 2.14. The fourth-order valence-electron chi connectivity index (χ4n) is 6.28. The van der Waals surface area contributed by atoms with Crippen molar-refractivity contribution in [2.24, 2.45) is 5.92 Å². The third-order valence-corrected chi connectivity index (χ3v) is 9.26. The van der Waals surface area contributed by atoms with Crippen molar-refractivity contribution in [1.29, 1.82) is 0 Å². The molecule has 1 rings (SSSR count). The molecule has 15 heteroatoms. The topological polar surface area (TPSA) is 208 Å². The largest absolute Gasteiger partial charge is 0.480 e. The number of amides is 1. The number of nitrogens with zero attached hydrogens (tertiary/aromatic N) is 4. The van der Waals surface area contributed by atoms with Crippen molar-refractivity contribution in [1.82, 2.24) is 24.9 Å². The van der Waals surface area contributed by atoms with Crippen molar-refractivity contribution in [2.45, 2.75) is 103 Å². The zero-order chi connectivity index (χ0) is 37.3. The molecule has 2 atom stereocenters.